The molecule has 1 amide bonds. The number of rotatable bonds is 5. The normalized spacial score (nSPS) is 18.8. The Kier molecular flexibility index (Phi) is 5.11. The molecule has 1 aromatic carbocycles. The van der Waals surface area contributed by atoms with Gasteiger partial charge in [0.25, 0.3) is 0 Å². The van der Waals surface area contributed by atoms with Gasteiger partial charge in [-0.15, -0.1) is 0 Å². The van der Waals surface area contributed by atoms with Gasteiger partial charge >= 0.3 is 0 Å². The second-order valence-electron chi connectivity index (χ2n) is 5.10. The average Bonchev–Trinajstić information content (AvgIpc) is 3.00. The van der Waals surface area contributed by atoms with Crippen molar-refractivity contribution < 1.29 is 14.3 Å². The molecule has 2 rings (SSSR count). The van der Waals surface area contributed by atoms with Gasteiger partial charge in [0.05, 0.1) is 19.3 Å². The van der Waals surface area contributed by atoms with Crippen molar-refractivity contribution in [2.24, 2.45) is 11.7 Å². The summed E-state index contributed by atoms with van der Waals surface area (Å²) in [4.78, 5) is 12.0. The number of nitrogens with one attached hydrogen (secondary N) is 1. The Morgan fingerprint density at radius 1 is 1.45 bits per heavy atom. The lowest BCUT2D eigenvalue weighted by Gasteiger charge is -2.18. The van der Waals surface area contributed by atoms with Crippen LogP contribution in [0, 0.1) is 5.92 Å². The summed E-state index contributed by atoms with van der Waals surface area (Å²) >= 11 is 0. The van der Waals surface area contributed by atoms with Gasteiger partial charge in [-0.1, -0.05) is 32.4 Å². The summed E-state index contributed by atoms with van der Waals surface area (Å²) in [5.74, 6) is -0.00978. The number of carbonyl (C=O) groups excluding carboxylic acids is 1. The summed E-state index contributed by atoms with van der Waals surface area (Å²) < 4.78 is 10.9. The summed E-state index contributed by atoms with van der Waals surface area (Å²) in [5, 5.41) is 2.85. The zero-order valence-electron chi connectivity index (χ0n) is 12.0. The van der Waals surface area contributed by atoms with Crippen LogP contribution in [0.4, 0.5) is 5.69 Å². The first-order valence-electron chi connectivity index (χ1n) is 7.01. The van der Waals surface area contributed by atoms with Crippen LogP contribution in [0.25, 0.3) is 0 Å². The molecule has 5 nitrogen and oxygen atoms in total. The molecule has 1 aliphatic heterocycles. The van der Waals surface area contributed by atoms with Gasteiger partial charge in [-0.25, -0.2) is 0 Å². The van der Waals surface area contributed by atoms with E-state index in [9.17, 15) is 4.79 Å². The number of nitrogens with two attached hydrogens (primary N) is 1. The van der Waals surface area contributed by atoms with Gasteiger partial charge in [-0.3, -0.25) is 4.79 Å². The molecule has 20 heavy (non-hydrogen) atoms. The van der Waals surface area contributed by atoms with Gasteiger partial charge in [0.15, 0.2) is 6.29 Å². The number of anilines is 1. The van der Waals surface area contributed by atoms with Crippen LogP contribution in [0.2, 0.25) is 0 Å². The Balaban J connectivity index is 2.02. The van der Waals surface area contributed by atoms with E-state index in [1.54, 1.807) is 0 Å². The van der Waals surface area contributed by atoms with E-state index in [2.05, 4.69) is 5.32 Å². The van der Waals surface area contributed by atoms with E-state index in [0.29, 0.717) is 18.9 Å². The SMILES string of the molecule is CCC(C)C(N)C(=O)Nc1cccc(C2OCCO2)c1. The Hall–Kier alpha value is -1.43. The van der Waals surface area contributed by atoms with Crippen molar-refractivity contribution in [2.75, 3.05) is 18.5 Å². The number of amides is 1. The predicted octanol–water partition coefficient (Wildman–Crippen LogP) is 2.04. The zero-order valence-corrected chi connectivity index (χ0v) is 12.0. The van der Waals surface area contributed by atoms with Crippen molar-refractivity contribution in [3.63, 3.8) is 0 Å². The first kappa shape index (κ1) is 15.0. The van der Waals surface area contributed by atoms with E-state index in [0.717, 1.165) is 12.0 Å². The Labute approximate surface area is 119 Å². The van der Waals surface area contributed by atoms with Gasteiger partial charge < -0.3 is 20.5 Å². The minimum Gasteiger partial charge on any atom is -0.346 e. The van der Waals surface area contributed by atoms with Gasteiger partial charge in [0.1, 0.15) is 0 Å². The molecule has 1 saturated heterocycles. The monoisotopic (exact) mass is 278 g/mol. The predicted molar refractivity (Wildman–Crippen MR) is 77.1 cm³/mol. The van der Waals surface area contributed by atoms with Crippen molar-refractivity contribution in [2.45, 2.75) is 32.6 Å². The number of hydrogen-bond acceptors (Lipinski definition) is 4. The second-order valence-corrected chi connectivity index (χ2v) is 5.10. The standard InChI is InChI=1S/C15H22N2O3/c1-3-10(2)13(16)14(18)17-12-6-4-5-11(9-12)15-19-7-8-20-15/h4-6,9-10,13,15H,3,7-8,16H2,1-2H3,(H,17,18). The van der Waals surface area contributed by atoms with E-state index in [1.807, 2.05) is 38.1 Å². The Morgan fingerprint density at radius 2 is 2.15 bits per heavy atom. The maximum Gasteiger partial charge on any atom is 0.241 e. The van der Waals surface area contributed by atoms with E-state index >= 15 is 0 Å². The van der Waals surface area contributed by atoms with Crippen LogP contribution in [0.3, 0.4) is 0 Å². The smallest absolute Gasteiger partial charge is 0.241 e. The fourth-order valence-electron chi connectivity index (χ4n) is 2.05. The molecule has 2 atom stereocenters. The number of carbonyl (C=O) groups is 1. The van der Waals surface area contributed by atoms with Crippen molar-refractivity contribution in [3.8, 4) is 0 Å². The van der Waals surface area contributed by atoms with Crippen LogP contribution in [-0.2, 0) is 14.3 Å². The lowest BCUT2D eigenvalue weighted by Crippen LogP contribution is -2.40. The quantitative estimate of drug-likeness (QED) is 0.864. The van der Waals surface area contributed by atoms with Crippen LogP contribution in [0.5, 0.6) is 0 Å². The highest BCUT2D eigenvalue weighted by molar-refractivity contribution is 5.94. The minimum absolute atomic E-state index is 0.152. The topological polar surface area (TPSA) is 73.6 Å². The highest BCUT2D eigenvalue weighted by Gasteiger charge is 2.21. The molecule has 5 heteroatoms. The van der Waals surface area contributed by atoms with E-state index in [4.69, 9.17) is 15.2 Å². The van der Waals surface area contributed by atoms with Crippen LogP contribution in [0.15, 0.2) is 24.3 Å². The summed E-state index contributed by atoms with van der Waals surface area (Å²) in [7, 11) is 0. The molecular formula is C15H22N2O3. The Morgan fingerprint density at radius 3 is 2.80 bits per heavy atom. The fraction of sp³-hybridized carbons (Fsp3) is 0.533. The van der Waals surface area contributed by atoms with Crippen LogP contribution < -0.4 is 11.1 Å². The average molecular weight is 278 g/mol. The highest BCUT2D eigenvalue weighted by atomic mass is 16.7. The maximum atomic E-state index is 12.0. The largest absolute Gasteiger partial charge is 0.346 e. The van der Waals surface area contributed by atoms with Gasteiger partial charge in [0, 0.05) is 11.3 Å². The molecule has 1 aliphatic rings. The zero-order chi connectivity index (χ0) is 14.5. The van der Waals surface area contributed by atoms with E-state index in [1.165, 1.54) is 0 Å². The molecule has 1 heterocycles. The lowest BCUT2D eigenvalue weighted by atomic mass is 9.99. The number of hydrogen-bond donors (Lipinski definition) is 2. The first-order chi connectivity index (χ1) is 9.61. The molecule has 1 fully saturated rings. The summed E-state index contributed by atoms with van der Waals surface area (Å²) in [6.07, 6.45) is 0.536. The lowest BCUT2D eigenvalue weighted by molar-refractivity contribution is -0.118. The molecular weight excluding hydrogens is 256 g/mol. The van der Waals surface area contributed by atoms with Crippen molar-refractivity contribution in [1.29, 1.82) is 0 Å². The van der Waals surface area contributed by atoms with Crippen LogP contribution in [-0.4, -0.2) is 25.2 Å². The van der Waals surface area contributed by atoms with E-state index < -0.39 is 6.04 Å². The number of benzene rings is 1. The molecule has 0 spiro atoms. The Bertz CT molecular complexity index is 458. The first-order valence-corrected chi connectivity index (χ1v) is 7.01. The van der Waals surface area contributed by atoms with Crippen molar-refractivity contribution in [1.82, 2.24) is 0 Å². The maximum absolute atomic E-state index is 12.0. The summed E-state index contributed by atoms with van der Waals surface area (Å²) in [5.41, 5.74) is 7.53. The molecule has 0 saturated carbocycles. The molecule has 1 aromatic rings. The fourth-order valence-corrected chi connectivity index (χ4v) is 2.05. The third kappa shape index (κ3) is 3.56. The van der Waals surface area contributed by atoms with Crippen molar-refractivity contribution >= 4 is 11.6 Å². The molecule has 0 aliphatic carbocycles. The molecule has 0 radical (unpaired) electrons. The van der Waals surface area contributed by atoms with Crippen molar-refractivity contribution in [3.05, 3.63) is 29.8 Å². The molecule has 2 unspecified atom stereocenters. The van der Waals surface area contributed by atoms with E-state index in [-0.39, 0.29) is 18.1 Å². The number of ether oxygens (including phenoxy) is 2. The summed E-state index contributed by atoms with van der Waals surface area (Å²) in [6.45, 7) is 5.19. The van der Waals surface area contributed by atoms with Gasteiger partial charge in [-0.2, -0.15) is 0 Å². The van der Waals surface area contributed by atoms with Gasteiger partial charge in [-0.05, 0) is 18.1 Å². The minimum atomic E-state index is -0.498. The van der Waals surface area contributed by atoms with Crippen LogP contribution >= 0.6 is 0 Å². The third-order valence-electron chi connectivity index (χ3n) is 3.61. The summed E-state index contributed by atoms with van der Waals surface area (Å²) in [6, 6.07) is 6.98. The highest BCUT2D eigenvalue weighted by Crippen LogP contribution is 2.25. The molecule has 110 valence electrons. The second kappa shape index (κ2) is 6.83. The van der Waals surface area contributed by atoms with Crippen LogP contribution in [0.1, 0.15) is 32.1 Å². The molecule has 3 N–H and O–H groups in total. The molecule has 0 bridgehead atoms. The van der Waals surface area contributed by atoms with Gasteiger partial charge in [0.2, 0.25) is 5.91 Å². The molecule has 0 aromatic heterocycles. The third-order valence-corrected chi connectivity index (χ3v) is 3.61.